The summed E-state index contributed by atoms with van der Waals surface area (Å²) in [5.74, 6) is 0.904. The van der Waals surface area contributed by atoms with Gasteiger partial charge in [-0.15, -0.1) is 0 Å². The Hall–Kier alpha value is -1.94. The van der Waals surface area contributed by atoms with E-state index in [2.05, 4.69) is 39.3 Å². The molecule has 0 bridgehead atoms. The van der Waals surface area contributed by atoms with E-state index in [1.807, 2.05) is 34.9 Å². The van der Waals surface area contributed by atoms with Crippen molar-refractivity contribution >= 4 is 33.0 Å². The van der Waals surface area contributed by atoms with E-state index >= 15 is 0 Å². The summed E-state index contributed by atoms with van der Waals surface area (Å²) in [6.45, 7) is 0. The molecule has 0 N–H and O–H groups in total. The van der Waals surface area contributed by atoms with Gasteiger partial charge in [0.2, 0.25) is 0 Å². The molecule has 0 amide bonds. The van der Waals surface area contributed by atoms with Crippen LogP contribution in [-0.4, -0.2) is 9.55 Å². The third-order valence-corrected chi connectivity index (χ3v) is 4.02. The van der Waals surface area contributed by atoms with Crippen molar-refractivity contribution in [1.82, 2.24) is 9.55 Å². The number of hydrogen-bond acceptors (Lipinski definition) is 2. The van der Waals surface area contributed by atoms with Gasteiger partial charge in [-0.1, -0.05) is 40.2 Å². The number of allylic oxidation sites excluding steroid dienone is 5. The largest absolute Gasteiger partial charge is 0.303 e. The van der Waals surface area contributed by atoms with Gasteiger partial charge in [-0.05, 0) is 23.8 Å². The van der Waals surface area contributed by atoms with Crippen LogP contribution in [0.2, 0.25) is 0 Å². The van der Waals surface area contributed by atoms with Gasteiger partial charge in [0.1, 0.15) is 5.82 Å². The van der Waals surface area contributed by atoms with Crippen LogP contribution in [0, 0.1) is 0 Å². The fourth-order valence-corrected chi connectivity index (χ4v) is 3.01. The van der Waals surface area contributed by atoms with Gasteiger partial charge < -0.3 is 4.57 Å². The average molecular weight is 313 g/mol. The minimum atomic E-state index is -0.167. The monoisotopic (exact) mass is 312 g/mol. The molecule has 1 atom stereocenters. The molecule has 1 aliphatic carbocycles. The molecule has 1 aromatic carbocycles. The van der Waals surface area contributed by atoms with E-state index in [-0.39, 0.29) is 11.5 Å². The van der Waals surface area contributed by atoms with Crippen molar-refractivity contribution in [2.24, 2.45) is 0 Å². The molecule has 2 aromatic rings. The molecule has 19 heavy (non-hydrogen) atoms. The fourth-order valence-electron chi connectivity index (χ4n) is 2.65. The van der Waals surface area contributed by atoms with Gasteiger partial charge in [0, 0.05) is 10.7 Å². The second-order valence-corrected chi connectivity index (χ2v) is 5.57. The van der Waals surface area contributed by atoms with Crippen molar-refractivity contribution in [3.05, 3.63) is 68.7 Å². The van der Waals surface area contributed by atoms with E-state index in [9.17, 15) is 4.79 Å². The standard InChI is InChI=1S/C15H9BrN2O/c16-10-5-6-13-12(7-10)15(19)17-14-11-4-2-1-3-9(11)8-18(13)14/h1-8,11H. The molecule has 4 rings (SSSR count). The van der Waals surface area contributed by atoms with E-state index in [0.717, 1.165) is 15.8 Å². The minimum Gasteiger partial charge on any atom is -0.303 e. The molecule has 4 heteroatoms. The lowest BCUT2D eigenvalue weighted by Crippen LogP contribution is -2.16. The number of hydrogen-bond donors (Lipinski definition) is 0. The normalized spacial score (nSPS) is 19.4. The number of benzene rings is 1. The Morgan fingerprint density at radius 2 is 2.16 bits per heavy atom. The van der Waals surface area contributed by atoms with Crippen molar-refractivity contribution in [1.29, 1.82) is 0 Å². The maximum absolute atomic E-state index is 12.2. The highest BCUT2D eigenvalue weighted by Crippen LogP contribution is 2.35. The van der Waals surface area contributed by atoms with E-state index in [0.29, 0.717) is 5.39 Å². The van der Waals surface area contributed by atoms with Gasteiger partial charge in [-0.25, -0.2) is 0 Å². The second-order valence-electron chi connectivity index (χ2n) is 4.66. The highest BCUT2D eigenvalue weighted by Gasteiger charge is 2.26. The molecular formula is C15H9BrN2O. The predicted molar refractivity (Wildman–Crippen MR) is 79.0 cm³/mol. The predicted octanol–water partition coefficient (Wildman–Crippen LogP) is 3.22. The molecular weight excluding hydrogens is 304 g/mol. The van der Waals surface area contributed by atoms with Gasteiger partial charge in [0.05, 0.1) is 16.8 Å². The third kappa shape index (κ3) is 1.50. The molecule has 0 saturated heterocycles. The molecule has 0 radical (unpaired) electrons. The maximum Gasteiger partial charge on any atom is 0.280 e. The molecule has 1 aromatic heterocycles. The Morgan fingerprint density at radius 1 is 1.26 bits per heavy atom. The fraction of sp³-hybridized carbons (Fsp3) is 0.0667. The van der Waals surface area contributed by atoms with Crippen LogP contribution in [0.3, 0.4) is 0 Å². The Morgan fingerprint density at radius 3 is 3.05 bits per heavy atom. The quantitative estimate of drug-likeness (QED) is 0.748. The van der Waals surface area contributed by atoms with Crippen LogP contribution in [0.5, 0.6) is 0 Å². The summed E-state index contributed by atoms with van der Waals surface area (Å²) < 4.78 is 2.91. The smallest absolute Gasteiger partial charge is 0.280 e. The molecule has 92 valence electrons. The van der Waals surface area contributed by atoms with Crippen LogP contribution in [0.1, 0.15) is 11.7 Å². The van der Waals surface area contributed by atoms with Gasteiger partial charge >= 0.3 is 0 Å². The lowest BCUT2D eigenvalue weighted by Gasteiger charge is -2.11. The van der Waals surface area contributed by atoms with Crippen LogP contribution in [0.25, 0.3) is 17.1 Å². The first kappa shape index (κ1) is 10.9. The Bertz CT molecular complexity index is 858. The van der Waals surface area contributed by atoms with Crippen molar-refractivity contribution in [3.8, 4) is 0 Å². The Balaban J connectivity index is 2.12. The van der Waals surface area contributed by atoms with Crippen LogP contribution in [0.4, 0.5) is 0 Å². The maximum atomic E-state index is 12.2. The van der Waals surface area contributed by atoms with Gasteiger partial charge in [0.15, 0.2) is 0 Å². The highest BCUT2D eigenvalue weighted by molar-refractivity contribution is 9.10. The second kappa shape index (κ2) is 3.78. The molecule has 1 unspecified atom stereocenters. The van der Waals surface area contributed by atoms with E-state index in [1.54, 1.807) is 0 Å². The zero-order valence-corrected chi connectivity index (χ0v) is 11.5. The lowest BCUT2D eigenvalue weighted by atomic mass is 9.97. The molecule has 3 nitrogen and oxygen atoms in total. The van der Waals surface area contributed by atoms with Crippen LogP contribution >= 0.6 is 15.9 Å². The molecule has 2 aliphatic rings. The Kier molecular flexibility index (Phi) is 2.17. The van der Waals surface area contributed by atoms with Crippen molar-refractivity contribution < 1.29 is 0 Å². The number of fused-ring (bicyclic) bond motifs is 5. The summed E-state index contributed by atoms with van der Waals surface area (Å²) in [4.78, 5) is 16.4. The number of halogens is 1. The molecule has 0 saturated carbocycles. The zero-order valence-electron chi connectivity index (χ0n) is 9.88. The minimum absolute atomic E-state index is 0.103. The Labute approximate surface area is 117 Å². The first-order valence-electron chi connectivity index (χ1n) is 6.02. The van der Waals surface area contributed by atoms with Crippen LogP contribution in [0.15, 0.2) is 57.3 Å². The highest BCUT2D eigenvalue weighted by atomic mass is 79.9. The molecule has 0 spiro atoms. The van der Waals surface area contributed by atoms with E-state index in [4.69, 9.17) is 0 Å². The molecule has 2 heterocycles. The summed E-state index contributed by atoms with van der Waals surface area (Å²) in [5, 5.41) is 0.640. The topological polar surface area (TPSA) is 34.9 Å². The SMILES string of the molecule is O=c1nc2n(c3ccc(Br)cc13)C=C1C=CC=CC12. The summed E-state index contributed by atoms with van der Waals surface area (Å²) in [6.07, 6.45) is 10.2. The van der Waals surface area contributed by atoms with Gasteiger partial charge in [0.25, 0.3) is 5.56 Å². The zero-order chi connectivity index (χ0) is 13.0. The lowest BCUT2D eigenvalue weighted by molar-refractivity contribution is 0.882. The number of aromatic nitrogens is 2. The van der Waals surface area contributed by atoms with Crippen molar-refractivity contribution in [3.63, 3.8) is 0 Å². The van der Waals surface area contributed by atoms with E-state index in [1.165, 1.54) is 5.57 Å². The van der Waals surface area contributed by atoms with Gasteiger partial charge in [-0.2, -0.15) is 4.98 Å². The van der Waals surface area contributed by atoms with E-state index < -0.39 is 0 Å². The first-order valence-corrected chi connectivity index (χ1v) is 6.81. The van der Waals surface area contributed by atoms with Crippen LogP contribution < -0.4 is 5.56 Å². The van der Waals surface area contributed by atoms with Gasteiger partial charge in [-0.3, -0.25) is 4.79 Å². The first-order chi connectivity index (χ1) is 9.24. The summed E-state index contributed by atoms with van der Waals surface area (Å²) in [5.41, 5.74) is 1.91. The molecule has 0 fully saturated rings. The number of rotatable bonds is 0. The third-order valence-electron chi connectivity index (χ3n) is 3.53. The summed E-state index contributed by atoms with van der Waals surface area (Å²) in [7, 11) is 0. The van der Waals surface area contributed by atoms with Crippen molar-refractivity contribution in [2.45, 2.75) is 5.92 Å². The summed E-state index contributed by atoms with van der Waals surface area (Å²) >= 11 is 3.39. The van der Waals surface area contributed by atoms with Crippen LogP contribution in [-0.2, 0) is 0 Å². The average Bonchev–Trinajstić information content (AvgIpc) is 2.78. The number of nitrogens with zero attached hydrogens (tertiary/aromatic N) is 2. The summed E-state index contributed by atoms with van der Waals surface area (Å²) in [6, 6.07) is 5.72. The molecule has 1 aliphatic heterocycles. The van der Waals surface area contributed by atoms with Crippen molar-refractivity contribution in [2.75, 3.05) is 0 Å².